The average Bonchev–Trinajstić information content (AvgIpc) is 2.48. The van der Waals surface area contributed by atoms with E-state index >= 15 is 0 Å². The Morgan fingerprint density at radius 1 is 1.05 bits per heavy atom. The van der Waals surface area contributed by atoms with Gasteiger partial charge in [-0.05, 0) is 42.2 Å². The lowest BCUT2D eigenvalue weighted by molar-refractivity contribution is 0.0523. The fraction of sp³-hybridized carbons (Fsp3) is 0.235. The number of aromatic hydroxyl groups is 1. The molecule has 3 heteroatoms. The molecule has 0 spiro atoms. The molecule has 2 aromatic carbocycles. The summed E-state index contributed by atoms with van der Waals surface area (Å²) < 4.78 is 4.94. The van der Waals surface area contributed by atoms with Gasteiger partial charge in [0.15, 0.2) is 0 Å². The molecule has 0 amide bonds. The Morgan fingerprint density at radius 2 is 1.70 bits per heavy atom. The van der Waals surface area contributed by atoms with Crippen molar-refractivity contribution in [1.82, 2.24) is 0 Å². The first-order chi connectivity index (χ1) is 9.65. The van der Waals surface area contributed by atoms with Crippen LogP contribution in [0.2, 0.25) is 0 Å². The number of phenols is 1. The number of hydrogen-bond donors (Lipinski definition) is 1. The highest BCUT2D eigenvalue weighted by Crippen LogP contribution is 2.26. The van der Waals surface area contributed by atoms with Crippen molar-refractivity contribution in [1.29, 1.82) is 0 Å². The van der Waals surface area contributed by atoms with Crippen molar-refractivity contribution in [3.63, 3.8) is 0 Å². The molecule has 0 aliphatic heterocycles. The van der Waals surface area contributed by atoms with Gasteiger partial charge in [0.2, 0.25) is 0 Å². The predicted molar refractivity (Wildman–Crippen MR) is 78.9 cm³/mol. The van der Waals surface area contributed by atoms with Gasteiger partial charge in [-0.1, -0.05) is 37.3 Å². The molecule has 3 nitrogen and oxygen atoms in total. The maximum absolute atomic E-state index is 11.8. The summed E-state index contributed by atoms with van der Waals surface area (Å²) in [5.41, 5.74) is 3.35. The van der Waals surface area contributed by atoms with Crippen LogP contribution in [0.25, 0.3) is 11.1 Å². The Morgan fingerprint density at radius 3 is 2.30 bits per heavy atom. The summed E-state index contributed by atoms with van der Waals surface area (Å²) in [5, 5.41) is 9.76. The van der Waals surface area contributed by atoms with E-state index in [1.807, 2.05) is 12.1 Å². The molecule has 104 valence electrons. The molecule has 0 aliphatic carbocycles. The number of rotatable bonds is 4. The Balaban J connectivity index is 2.37. The van der Waals surface area contributed by atoms with Crippen LogP contribution in [0, 0.1) is 0 Å². The predicted octanol–water partition coefficient (Wildman–Crippen LogP) is 3.80. The Bertz CT molecular complexity index is 600. The summed E-state index contributed by atoms with van der Waals surface area (Å²) >= 11 is 0. The number of hydrogen-bond acceptors (Lipinski definition) is 3. The topological polar surface area (TPSA) is 46.5 Å². The summed E-state index contributed by atoms with van der Waals surface area (Å²) in [6.45, 7) is 4.13. The van der Waals surface area contributed by atoms with Gasteiger partial charge in [0.25, 0.3) is 0 Å². The summed E-state index contributed by atoms with van der Waals surface area (Å²) in [5.74, 6) is -0.561. The Kier molecular flexibility index (Phi) is 4.41. The quantitative estimate of drug-likeness (QED) is 0.860. The van der Waals surface area contributed by atoms with Gasteiger partial charge in [-0.15, -0.1) is 0 Å². The summed E-state index contributed by atoms with van der Waals surface area (Å²) in [7, 11) is 0. The molecule has 0 fully saturated rings. The van der Waals surface area contributed by atoms with Gasteiger partial charge >= 0.3 is 5.97 Å². The maximum Gasteiger partial charge on any atom is 0.341 e. The van der Waals surface area contributed by atoms with Crippen molar-refractivity contribution in [2.45, 2.75) is 20.3 Å². The molecule has 0 saturated heterocycles. The first kappa shape index (κ1) is 14.1. The highest BCUT2D eigenvalue weighted by atomic mass is 16.5. The molecule has 2 rings (SSSR count). The van der Waals surface area contributed by atoms with Gasteiger partial charge in [-0.3, -0.25) is 0 Å². The lowest BCUT2D eigenvalue weighted by atomic mass is 10.0. The standard InChI is InChI=1S/C17H18O3/c1-3-12-5-7-13(8-6-12)14-9-10-16(18)15(11-14)17(19)20-4-2/h5-11,18H,3-4H2,1-2H3. The van der Waals surface area contributed by atoms with E-state index in [2.05, 4.69) is 19.1 Å². The molecule has 1 N–H and O–H groups in total. The van der Waals surface area contributed by atoms with Gasteiger partial charge in [-0.2, -0.15) is 0 Å². The first-order valence-corrected chi connectivity index (χ1v) is 6.75. The van der Waals surface area contributed by atoms with Crippen molar-refractivity contribution in [3.05, 3.63) is 53.6 Å². The largest absolute Gasteiger partial charge is 0.507 e. The molecule has 0 atom stereocenters. The second kappa shape index (κ2) is 6.24. The number of aryl methyl sites for hydroxylation is 1. The second-order valence-corrected chi connectivity index (χ2v) is 4.50. The second-order valence-electron chi connectivity index (χ2n) is 4.50. The lowest BCUT2D eigenvalue weighted by Crippen LogP contribution is -2.05. The number of carbonyl (C=O) groups excluding carboxylic acids is 1. The van der Waals surface area contributed by atoms with Crippen molar-refractivity contribution in [2.24, 2.45) is 0 Å². The fourth-order valence-electron chi connectivity index (χ4n) is 2.02. The third-order valence-electron chi connectivity index (χ3n) is 3.19. The molecule has 0 bridgehead atoms. The minimum atomic E-state index is -0.503. The van der Waals surface area contributed by atoms with Crippen LogP contribution in [-0.2, 0) is 11.2 Å². The Labute approximate surface area is 118 Å². The third kappa shape index (κ3) is 2.99. The molecule has 0 saturated carbocycles. The van der Waals surface area contributed by atoms with Crippen LogP contribution < -0.4 is 0 Å². The highest BCUT2D eigenvalue weighted by Gasteiger charge is 2.13. The molecule has 0 aromatic heterocycles. The molecular weight excluding hydrogens is 252 g/mol. The van der Waals surface area contributed by atoms with E-state index < -0.39 is 5.97 Å². The summed E-state index contributed by atoms with van der Waals surface area (Å²) in [6.07, 6.45) is 0.990. The zero-order chi connectivity index (χ0) is 14.5. The van der Waals surface area contributed by atoms with E-state index in [1.165, 1.54) is 11.6 Å². The lowest BCUT2D eigenvalue weighted by Gasteiger charge is -2.08. The fourth-order valence-corrected chi connectivity index (χ4v) is 2.02. The Hall–Kier alpha value is -2.29. The van der Waals surface area contributed by atoms with Crippen LogP contribution in [0.4, 0.5) is 0 Å². The van der Waals surface area contributed by atoms with Gasteiger partial charge in [0, 0.05) is 0 Å². The first-order valence-electron chi connectivity index (χ1n) is 6.75. The van der Waals surface area contributed by atoms with Crippen molar-refractivity contribution in [2.75, 3.05) is 6.61 Å². The van der Waals surface area contributed by atoms with Crippen LogP contribution in [-0.4, -0.2) is 17.7 Å². The van der Waals surface area contributed by atoms with Gasteiger partial charge in [0.05, 0.1) is 6.61 Å². The molecule has 0 heterocycles. The summed E-state index contributed by atoms with van der Waals surface area (Å²) in [6, 6.07) is 13.1. The number of esters is 1. The maximum atomic E-state index is 11.8. The van der Waals surface area contributed by atoms with Crippen LogP contribution >= 0.6 is 0 Å². The third-order valence-corrected chi connectivity index (χ3v) is 3.19. The SMILES string of the molecule is CCOC(=O)c1cc(-c2ccc(CC)cc2)ccc1O. The van der Waals surface area contributed by atoms with Crippen LogP contribution in [0.15, 0.2) is 42.5 Å². The smallest absolute Gasteiger partial charge is 0.341 e. The molecule has 0 radical (unpaired) electrons. The van der Waals surface area contributed by atoms with E-state index in [0.29, 0.717) is 0 Å². The normalized spacial score (nSPS) is 10.3. The van der Waals surface area contributed by atoms with E-state index in [-0.39, 0.29) is 17.9 Å². The minimum absolute atomic E-state index is 0.0580. The van der Waals surface area contributed by atoms with Crippen molar-refractivity contribution < 1.29 is 14.6 Å². The minimum Gasteiger partial charge on any atom is -0.507 e. The molecule has 20 heavy (non-hydrogen) atoms. The zero-order valence-electron chi connectivity index (χ0n) is 11.7. The van der Waals surface area contributed by atoms with Gasteiger partial charge in [-0.25, -0.2) is 4.79 Å². The zero-order valence-corrected chi connectivity index (χ0v) is 11.7. The van der Waals surface area contributed by atoms with Crippen LogP contribution in [0.3, 0.4) is 0 Å². The van der Waals surface area contributed by atoms with Crippen LogP contribution in [0.5, 0.6) is 5.75 Å². The average molecular weight is 270 g/mol. The van der Waals surface area contributed by atoms with E-state index in [4.69, 9.17) is 4.74 Å². The monoisotopic (exact) mass is 270 g/mol. The number of ether oxygens (including phenoxy) is 1. The number of benzene rings is 2. The highest BCUT2D eigenvalue weighted by molar-refractivity contribution is 5.94. The van der Waals surface area contributed by atoms with E-state index in [0.717, 1.165) is 17.5 Å². The van der Waals surface area contributed by atoms with Gasteiger partial charge in [0.1, 0.15) is 11.3 Å². The van der Waals surface area contributed by atoms with E-state index in [1.54, 1.807) is 19.1 Å². The molecular formula is C17H18O3. The summed E-state index contributed by atoms with van der Waals surface area (Å²) in [4.78, 5) is 11.8. The molecule has 0 aliphatic rings. The van der Waals surface area contributed by atoms with Crippen molar-refractivity contribution >= 4 is 5.97 Å². The number of phenolic OH excluding ortho intramolecular Hbond substituents is 1. The molecule has 2 aromatic rings. The number of carbonyl (C=O) groups is 1. The van der Waals surface area contributed by atoms with E-state index in [9.17, 15) is 9.90 Å². The molecule has 0 unspecified atom stereocenters. The van der Waals surface area contributed by atoms with Gasteiger partial charge < -0.3 is 9.84 Å². The van der Waals surface area contributed by atoms with Crippen molar-refractivity contribution in [3.8, 4) is 16.9 Å². The van der Waals surface area contributed by atoms with Crippen LogP contribution in [0.1, 0.15) is 29.8 Å².